The predicted octanol–water partition coefficient (Wildman–Crippen LogP) is 5.16. The molecule has 7 heteroatoms. The van der Waals surface area contributed by atoms with Gasteiger partial charge in [-0.05, 0) is 54.1 Å². The quantitative estimate of drug-likeness (QED) is 0.385. The number of hydrogen-bond donors (Lipinski definition) is 1. The molecule has 0 fully saturated rings. The summed E-state index contributed by atoms with van der Waals surface area (Å²) >= 11 is 0. The van der Waals surface area contributed by atoms with Crippen molar-refractivity contribution < 1.29 is 13.6 Å². The number of nitrogens with one attached hydrogen (secondary N) is 1. The minimum absolute atomic E-state index is 0.0837. The number of aromatic amines is 1. The molecule has 0 saturated heterocycles. The minimum atomic E-state index is -0.354. The van der Waals surface area contributed by atoms with E-state index in [9.17, 15) is 14.0 Å². The van der Waals surface area contributed by atoms with E-state index in [0.717, 1.165) is 5.56 Å². The Morgan fingerprint density at radius 3 is 2.41 bits per heavy atom. The van der Waals surface area contributed by atoms with E-state index >= 15 is 0 Å². The Hall–Kier alpha value is -4.52. The van der Waals surface area contributed by atoms with Crippen molar-refractivity contribution in [3.05, 3.63) is 124 Å². The van der Waals surface area contributed by atoms with Gasteiger partial charge < -0.3 is 14.3 Å². The summed E-state index contributed by atoms with van der Waals surface area (Å²) in [5.41, 5.74) is 1.88. The van der Waals surface area contributed by atoms with Crippen LogP contribution >= 0.6 is 0 Å². The average molecular weight is 453 g/mol. The molecule has 0 unspecified atom stereocenters. The first-order valence-corrected chi connectivity index (χ1v) is 10.7. The summed E-state index contributed by atoms with van der Waals surface area (Å²) < 4.78 is 19.1. The fourth-order valence-corrected chi connectivity index (χ4v) is 3.77. The highest BCUT2D eigenvalue weighted by molar-refractivity contribution is 5.92. The molecule has 0 aliphatic carbocycles. The van der Waals surface area contributed by atoms with Gasteiger partial charge >= 0.3 is 0 Å². The van der Waals surface area contributed by atoms with E-state index in [1.807, 2.05) is 36.4 Å². The van der Waals surface area contributed by atoms with Crippen molar-refractivity contribution in [3.8, 4) is 11.3 Å². The third kappa shape index (κ3) is 4.49. The Balaban J connectivity index is 1.47. The predicted molar refractivity (Wildman–Crippen MR) is 126 cm³/mol. The van der Waals surface area contributed by atoms with Gasteiger partial charge in [-0.15, -0.1) is 0 Å². The number of carbonyl (C=O) groups excluding carboxylic acids is 1. The molecule has 5 rings (SSSR count). The molecule has 0 aliphatic rings. The molecule has 3 aromatic carbocycles. The number of fused-ring (bicyclic) bond motifs is 1. The molecule has 0 spiro atoms. The van der Waals surface area contributed by atoms with Crippen LogP contribution in [0.1, 0.15) is 21.9 Å². The molecule has 0 bridgehead atoms. The molecule has 0 aliphatic heterocycles. The Morgan fingerprint density at radius 1 is 0.882 bits per heavy atom. The summed E-state index contributed by atoms with van der Waals surface area (Å²) in [6.45, 7) is 0.378. The standard InChI is InChI=1S/C27H20FN3O3/c28-20-12-10-19(11-13-20)23-14-15-24(34-23)27(33)31(16-18-6-2-1-3-7-18)17-25-29-22-9-5-4-8-21(22)26(32)30-25/h1-15H,16-17H2,(H,29,30,32). The molecule has 34 heavy (non-hydrogen) atoms. The lowest BCUT2D eigenvalue weighted by atomic mass is 10.2. The Morgan fingerprint density at radius 2 is 1.62 bits per heavy atom. The number of carbonyl (C=O) groups is 1. The topological polar surface area (TPSA) is 79.2 Å². The summed E-state index contributed by atoms with van der Waals surface area (Å²) in [6.07, 6.45) is 0. The smallest absolute Gasteiger partial charge is 0.290 e. The molecule has 1 N–H and O–H groups in total. The van der Waals surface area contributed by atoms with Crippen LogP contribution in [0, 0.1) is 5.82 Å². The zero-order valence-corrected chi connectivity index (χ0v) is 18.1. The fourth-order valence-electron chi connectivity index (χ4n) is 3.77. The van der Waals surface area contributed by atoms with Crippen molar-refractivity contribution in [2.24, 2.45) is 0 Å². The first-order chi connectivity index (χ1) is 16.6. The van der Waals surface area contributed by atoms with E-state index in [1.165, 1.54) is 12.1 Å². The number of aromatic nitrogens is 2. The van der Waals surface area contributed by atoms with E-state index in [-0.39, 0.29) is 29.6 Å². The summed E-state index contributed by atoms with van der Waals surface area (Å²) in [5, 5.41) is 0.488. The van der Waals surface area contributed by atoms with Gasteiger partial charge in [0.15, 0.2) is 5.76 Å². The van der Waals surface area contributed by atoms with Crippen LogP contribution < -0.4 is 5.56 Å². The van der Waals surface area contributed by atoms with Crippen LogP contribution in [0.3, 0.4) is 0 Å². The van der Waals surface area contributed by atoms with Gasteiger partial charge in [0.05, 0.1) is 17.4 Å². The second-order valence-electron chi connectivity index (χ2n) is 7.85. The van der Waals surface area contributed by atoms with E-state index in [0.29, 0.717) is 34.6 Å². The molecular weight excluding hydrogens is 433 g/mol. The van der Waals surface area contributed by atoms with Crippen LogP contribution in [0.5, 0.6) is 0 Å². The van der Waals surface area contributed by atoms with Crippen molar-refractivity contribution in [1.82, 2.24) is 14.9 Å². The van der Waals surface area contributed by atoms with Gasteiger partial charge in [-0.25, -0.2) is 9.37 Å². The lowest BCUT2D eigenvalue weighted by molar-refractivity contribution is 0.0694. The maximum atomic E-state index is 13.5. The van der Waals surface area contributed by atoms with Crippen LogP contribution in [-0.2, 0) is 13.1 Å². The van der Waals surface area contributed by atoms with E-state index < -0.39 is 0 Å². The summed E-state index contributed by atoms with van der Waals surface area (Å²) in [4.78, 5) is 34.9. The highest BCUT2D eigenvalue weighted by Crippen LogP contribution is 2.24. The summed E-state index contributed by atoms with van der Waals surface area (Å²) in [6, 6.07) is 25.7. The van der Waals surface area contributed by atoms with Crippen LogP contribution in [-0.4, -0.2) is 20.8 Å². The normalized spacial score (nSPS) is 11.0. The second kappa shape index (κ2) is 9.15. The number of rotatable bonds is 6. The van der Waals surface area contributed by atoms with Crippen LogP contribution in [0.15, 0.2) is 100 Å². The van der Waals surface area contributed by atoms with Gasteiger partial charge in [-0.2, -0.15) is 0 Å². The molecule has 1 amide bonds. The van der Waals surface area contributed by atoms with Crippen molar-refractivity contribution in [2.75, 3.05) is 0 Å². The zero-order valence-electron chi connectivity index (χ0n) is 18.1. The number of para-hydroxylation sites is 1. The van der Waals surface area contributed by atoms with Crippen LogP contribution in [0.2, 0.25) is 0 Å². The number of halogens is 1. The van der Waals surface area contributed by atoms with Crippen molar-refractivity contribution in [2.45, 2.75) is 13.1 Å². The second-order valence-corrected chi connectivity index (χ2v) is 7.85. The van der Waals surface area contributed by atoms with Gasteiger partial charge in [0, 0.05) is 12.1 Å². The van der Waals surface area contributed by atoms with Crippen LogP contribution in [0.25, 0.3) is 22.2 Å². The van der Waals surface area contributed by atoms with Crippen molar-refractivity contribution in [3.63, 3.8) is 0 Å². The first kappa shape index (κ1) is 21.3. The molecule has 168 valence electrons. The van der Waals surface area contributed by atoms with Crippen LogP contribution in [0.4, 0.5) is 4.39 Å². The molecule has 0 saturated carbocycles. The summed E-state index contributed by atoms with van der Waals surface area (Å²) in [5.74, 6) is 0.266. The van der Waals surface area contributed by atoms with Crippen molar-refractivity contribution >= 4 is 16.8 Å². The number of hydrogen-bond acceptors (Lipinski definition) is 4. The number of benzene rings is 3. The Bertz CT molecular complexity index is 1510. The number of amides is 1. The van der Waals surface area contributed by atoms with Gasteiger partial charge in [-0.3, -0.25) is 9.59 Å². The molecule has 0 atom stereocenters. The third-order valence-corrected chi connectivity index (χ3v) is 5.45. The highest BCUT2D eigenvalue weighted by Gasteiger charge is 2.22. The molecule has 6 nitrogen and oxygen atoms in total. The zero-order chi connectivity index (χ0) is 23.5. The molecule has 2 aromatic heterocycles. The lowest BCUT2D eigenvalue weighted by Crippen LogP contribution is -2.31. The van der Waals surface area contributed by atoms with Gasteiger partial charge in [0.2, 0.25) is 0 Å². The van der Waals surface area contributed by atoms with E-state index in [1.54, 1.807) is 47.4 Å². The Labute approximate surface area is 194 Å². The fraction of sp³-hybridized carbons (Fsp3) is 0.0741. The van der Waals surface area contributed by atoms with Gasteiger partial charge in [0.25, 0.3) is 11.5 Å². The SMILES string of the molecule is O=C(c1ccc(-c2ccc(F)cc2)o1)N(Cc1ccccc1)Cc1nc2ccccc2c(=O)[nH]1. The molecule has 0 radical (unpaired) electrons. The molecule has 5 aromatic rings. The van der Waals surface area contributed by atoms with E-state index in [4.69, 9.17) is 4.42 Å². The third-order valence-electron chi connectivity index (χ3n) is 5.45. The highest BCUT2D eigenvalue weighted by atomic mass is 19.1. The Kier molecular flexibility index (Phi) is 5.74. The molecule has 2 heterocycles. The van der Waals surface area contributed by atoms with Crippen molar-refractivity contribution in [1.29, 1.82) is 0 Å². The minimum Gasteiger partial charge on any atom is -0.451 e. The average Bonchev–Trinajstić information content (AvgIpc) is 3.35. The maximum Gasteiger partial charge on any atom is 0.290 e. The number of nitrogens with zero attached hydrogens (tertiary/aromatic N) is 2. The van der Waals surface area contributed by atoms with Gasteiger partial charge in [0.1, 0.15) is 17.4 Å². The number of H-pyrrole nitrogens is 1. The van der Waals surface area contributed by atoms with E-state index in [2.05, 4.69) is 9.97 Å². The largest absolute Gasteiger partial charge is 0.451 e. The monoisotopic (exact) mass is 453 g/mol. The first-order valence-electron chi connectivity index (χ1n) is 10.7. The maximum absolute atomic E-state index is 13.5. The summed E-state index contributed by atoms with van der Waals surface area (Å²) in [7, 11) is 0. The molecular formula is C27H20FN3O3. The lowest BCUT2D eigenvalue weighted by Gasteiger charge is -2.21. The number of furan rings is 1. The van der Waals surface area contributed by atoms with Gasteiger partial charge in [-0.1, -0.05) is 42.5 Å².